The third-order valence-corrected chi connectivity index (χ3v) is 7.11. The van der Waals surface area contributed by atoms with Crippen molar-refractivity contribution in [2.24, 2.45) is 0 Å². The fourth-order valence-corrected chi connectivity index (χ4v) is 5.26. The van der Waals surface area contributed by atoms with E-state index in [4.69, 9.17) is 21.7 Å². The summed E-state index contributed by atoms with van der Waals surface area (Å²) in [5.41, 5.74) is 2.65. The van der Waals surface area contributed by atoms with E-state index in [0.717, 1.165) is 42.2 Å². The van der Waals surface area contributed by atoms with E-state index in [9.17, 15) is 15.0 Å². The summed E-state index contributed by atoms with van der Waals surface area (Å²) in [4.78, 5) is 14.9. The molecule has 0 saturated carbocycles. The summed E-state index contributed by atoms with van der Waals surface area (Å²) in [7, 11) is 0. The third-order valence-electron chi connectivity index (χ3n) is 6.12. The number of carbonyl (C=O) groups is 1. The highest BCUT2D eigenvalue weighted by Gasteiger charge is 2.28. The number of amidine groups is 1. The number of benzene rings is 2. The number of carbonyl (C=O) groups excluding carboxylic acids is 1. The fraction of sp³-hybridized carbons (Fsp3) is 0.292. The minimum Gasteiger partial charge on any atom is -0.507 e. The van der Waals surface area contributed by atoms with Crippen molar-refractivity contribution in [2.45, 2.75) is 25.4 Å². The highest BCUT2D eigenvalue weighted by molar-refractivity contribution is 7.11. The quantitative estimate of drug-likeness (QED) is 0.189. The first-order valence-electron chi connectivity index (χ1n) is 11.2. The molecule has 35 heavy (non-hydrogen) atoms. The average molecular weight is 514 g/mol. The van der Waals surface area contributed by atoms with Gasteiger partial charge in [0.2, 0.25) is 5.88 Å². The molecule has 2 aliphatic heterocycles. The van der Waals surface area contributed by atoms with Crippen LogP contribution in [0.2, 0.25) is 5.02 Å². The van der Waals surface area contributed by atoms with Gasteiger partial charge in [0.15, 0.2) is 0 Å². The second-order valence-electron chi connectivity index (χ2n) is 8.44. The van der Waals surface area contributed by atoms with Crippen molar-refractivity contribution in [3.63, 3.8) is 0 Å². The smallest absolute Gasteiger partial charge is 0.262 e. The maximum atomic E-state index is 13.3. The molecule has 1 fully saturated rings. The van der Waals surface area contributed by atoms with Gasteiger partial charge in [0, 0.05) is 36.1 Å². The first-order chi connectivity index (χ1) is 16.9. The Morgan fingerprint density at radius 2 is 2.14 bits per heavy atom. The van der Waals surface area contributed by atoms with Gasteiger partial charge in [0.1, 0.15) is 22.1 Å². The number of fused-ring (bicyclic) bond motifs is 1. The lowest BCUT2D eigenvalue weighted by atomic mass is 10.1. The molecule has 1 unspecified atom stereocenters. The molecule has 0 radical (unpaired) electrons. The summed E-state index contributed by atoms with van der Waals surface area (Å²) in [6, 6.07) is 10.0. The Bertz CT molecular complexity index is 1290. The van der Waals surface area contributed by atoms with E-state index in [0.29, 0.717) is 35.2 Å². The van der Waals surface area contributed by atoms with Crippen LogP contribution in [0.25, 0.3) is 0 Å². The summed E-state index contributed by atoms with van der Waals surface area (Å²) < 4.78 is 9.55. The van der Waals surface area contributed by atoms with Gasteiger partial charge in [-0.05, 0) is 72.8 Å². The number of amides is 1. The van der Waals surface area contributed by atoms with Crippen molar-refractivity contribution in [2.75, 3.05) is 29.9 Å². The van der Waals surface area contributed by atoms with Crippen LogP contribution in [0, 0.1) is 5.41 Å². The number of hydrogen-bond acceptors (Lipinski definition) is 8. The molecule has 1 saturated heterocycles. The van der Waals surface area contributed by atoms with Gasteiger partial charge >= 0.3 is 0 Å². The molecule has 1 atom stereocenters. The summed E-state index contributed by atoms with van der Waals surface area (Å²) in [5.74, 6) is -0.701. The minimum absolute atomic E-state index is 0.0247. The second-order valence-corrected chi connectivity index (χ2v) is 9.65. The van der Waals surface area contributed by atoms with E-state index in [1.54, 1.807) is 23.1 Å². The Morgan fingerprint density at radius 1 is 1.29 bits per heavy atom. The Morgan fingerprint density at radius 3 is 2.94 bits per heavy atom. The standard InChI is InChI=1S/C24H24ClN5O4S/c25-14-3-5-18-13(10-14)7-8-30(18)24(33)17-11-15(4-6-19(17)31)28-23-20(22(32)29-35-23)21(26)27-12-16-2-1-9-34-16/h3-6,10-11,16,28,31H,1-2,7-9,12H2,(H2,26,27)(H,29,32). The molecular formula is C24H24ClN5O4S. The van der Waals surface area contributed by atoms with Crippen LogP contribution in [0.1, 0.15) is 34.3 Å². The molecule has 0 aliphatic carbocycles. The molecular weight excluding hydrogens is 490 g/mol. The van der Waals surface area contributed by atoms with Gasteiger partial charge in [0.05, 0.1) is 11.7 Å². The molecule has 0 spiro atoms. The molecule has 11 heteroatoms. The molecule has 1 aromatic heterocycles. The predicted octanol–water partition coefficient (Wildman–Crippen LogP) is 4.25. The summed E-state index contributed by atoms with van der Waals surface area (Å²) in [5, 5.41) is 36.3. The number of hydrogen-bond donors (Lipinski definition) is 5. The highest BCUT2D eigenvalue weighted by atomic mass is 35.5. The SMILES string of the molecule is N=C(NCC1CCCO1)c1c(O)nsc1Nc1ccc(O)c(C(=O)N2CCc3cc(Cl)ccc32)c1. The molecule has 3 aromatic rings. The first-order valence-corrected chi connectivity index (χ1v) is 12.4. The Labute approximate surface area is 211 Å². The summed E-state index contributed by atoms with van der Waals surface area (Å²) >= 11 is 7.08. The molecule has 1 amide bonds. The van der Waals surface area contributed by atoms with Crippen LogP contribution in [0.3, 0.4) is 0 Å². The largest absolute Gasteiger partial charge is 0.507 e. The zero-order valence-electron chi connectivity index (χ0n) is 18.7. The number of nitrogens with one attached hydrogen (secondary N) is 3. The molecule has 182 valence electrons. The van der Waals surface area contributed by atoms with E-state index in [2.05, 4.69) is 15.0 Å². The van der Waals surface area contributed by atoms with Gasteiger partial charge in [-0.2, -0.15) is 4.37 Å². The van der Waals surface area contributed by atoms with Crippen molar-refractivity contribution in [1.82, 2.24) is 9.69 Å². The number of phenols is 1. The Kier molecular flexibility index (Phi) is 6.50. The number of ether oxygens (including phenoxy) is 1. The van der Waals surface area contributed by atoms with Crippen LogP contribution in [0.15, 0.2) is 36.4 Å². The van der Waals surface area contributed by atoms with Gasteiger partial charge in [-0.1, -0.05) is 11.6 Å². The number of anilines is 3. The second kappa shape index (κ2) is 9.73. The van der Waals surface area contributed by atoms with E-state index in [1.807, 2.05) is 12.1 Å². The van der Waals surface area contributed by atoms with Crippen molar-refractivity contribution in [1.29, 1.82) is 5.41 Å². The van der Waals surface area contributed by atoms with Gasteiger partial charge in [-0.25, -0.2) is 0 Å². The van der Waals surface area contributed by atoms with Crippen LogP contribution in [-0.4, -0.2) is 52.1 Å². The van der Waals surface area contributed by atoms with Crippen LogP contribution >= 0.6 is 23.1 Å². The zero-order chi connectivity index (χ0) is 24.5. The molecule has 3 heterocycles. The maximum Gasteiger partial charge on any atom is 0.262 e. The van der Waals surface area contributed by atoms with Crippen molar-refractivity contribution < 1.29 is 19.7 Å². The monoisotopic (exact) mass is 513 g/mol. The molecule has 2 aromatic carbocycles. The molecule has 0 bridgehead atoms. The van der Waals surface area contributed by atoms with Crippen molar-refractivity contribution in [3.8, 4) is 11.6 Å². The molecule has 5 N–H and O–H groups in total. The summed E-state index contributed by atoms with van der Waals surface area (Å²) in [6.45, 7) is 1.68. The fourth-order valence-electron chi connectivity index (χ4n) is 4.34. The van der Waals surface area contributed by atoms with Gasteiger partial charge in [-0.3, -0.25) is 10.2 Å². The van der Waals surface area contributed by atoms with E-state index < -0.39 is 0 Å². The number of aromatic nitrogens is 1. The van der Waals surface area contributed by atoms with Crippen LogP contribution in [-0.2, 0) is 11.2 Å². The number of phenolic OH excluding ortho intramolecular Hbond substituents is 1. The van der Waals surface area contributed by atoms with E-state index in [-0.39, 0.29) is 40.6 Å². The highest BCUT2D eigenvalue weighted by Crippen LogP contribution is 2.36. The summed E-state index contributed by atoms with van der Waals surface area (Å²) in [6.07, 6.45) is 2.65. The number of aromatic hydroxyl groups is 2. The first kappa shape index (κ1) is 23.4. The minimum atomic E-state index is -0.328. The molecule has 9 nitrogen and oxygen atoms in total. The van der Waals surface area contributed by atoms with Crippen LogP contribution < -0.4 is 15.5 Å². The maximum absolute atomic E-state index is 13.3. The van der Waals surface area contributed by atoms with E-state index >= 15 is 0 Å². The zero-order valence-corrected chi connectivity index (χ0v) is 20.2. The topological polar surface area (TPSA) is 131 Å². The predicted molar refractivity (Wildman–Crippen MR) is 136 cm³/mol. The Hall–Kier alpha value is -3.34. The number of nitrogens with zero attached hydrogens (tertiary/aromatic N) is 2. The van der Waals surface area contributed by atoms with Crippen LogP contribution in [0.5, 0.6) is 11.6 Å². The lowest BCUT2D eigenvalue weighted by Gasteiger charge is -2.19. The van der Waals surface area contributed by atoms with Gasteiger partial charge < -0.3 is 30.5 Å². The van der Waals surface area contributed by atoms with Gasteiger partial charge in [-0.15, -0.1) is 0 Å². The lowest BCUT2D eigenvalue weighted by Crippen LogP contribution is -2.31. The third kappa shape index (κ3) is 4.77. The van der Waals surface area contributed by atoms with E-state index in [1.165, 1.54) is 6.07 Å². The van der Waals surface area contributed by atoms with Crippen LogP contribution in [0.4, 0.5) is 16.4 Å². The Balaban J connectivity index is 1.35. The van der Waals surface area contributed by atoms with Crippen molar-refractivity contribution >= 4 is 51.3 Å². The number of rotatable bonds is 6. The average Bonchev–Trinajstić information content (AvgIpc) is 3.58. The normalized spacial score (nSPS) is 16.8. The van der Waals surface area contributed by atoms with Crippen molar-refractivity contribution in [3.05, 3.63) is 58.1 Å². The molecule has 5 rings (SSSR count). The molecule has 2 aliphatic rings. The van der Waals surface area contributed by atoms with Gasteiger partial charge in [0.25, 0.3) is 5.91 Å². The lowest BCUT2D eigenvalue weighted by molar-refractivity contribution is 0.0987. The number of halogens is 1.